The van der Waals surface area contributed by atoms with Gasteiger partial charge in [-0.2, -0.15) is 0 Å². The number of aliphatic hydroxyl groups excluding tert-OH is 1. The van der Waals surface area contributed by atoms with Crippen LogP contribution in [0.2, 0.25) is 5.02 Å². The number of hydrogen-bond donors (Lipinski definition) is 1. The topological polar surface area (TPSA) is 76.1 Å². The van der Waals surface area contributed by atoms with E-state index in [9.17, 15) is 14.7 Å². The van der Waals surface area contributed by atoms with Gasteiger partial charge in [0.15, 0.2) is 0 Å². The highest BCUT2D eigenvalue weighted by molar-refractivity contribution is 7.10. The van der Waals surface area contributed by atoms with E-state index in [0.29, 0.717) is 17.1 Å². The largest absolute Gasteiger partial charge is 0.507 e. The van der Waals surface area contributed by atoms with E-state index in [4.69, 9.17) is 21.1 Å². The van der Waals surface area contributed by atoms with Crippen molar-refractivity contribution in [3.8, 4) is 11.5 Å². The molecule has 8 heteroatoms. The lowest BCUT2D eigenvalue weighted by Crippen LogP contribution is -2.28. The van der Waals surface area contributed by atoms with Crippen LogP contribution < -0.4 is 9.47 Å². The Morgan fingerprint density at radius 2 is 1.84 bits per heavy atom. The first-order chi connectivity index (χ1) is 15.4. The van der Waals surface area contributed by atoms with Crippen molar-refractivity contribution in [2.75, 3.05) is 14.2 Å². The Labute approximate surface area is 194 Å². The Hall–Kier alpha value is -3.29. The number of halogens is 1. The molecule has 1 amide bonds. The lowest BCUT2D eigenvalue weighted by molar-refractivity contribution is -0.140. The number of rotatable bonds is 6. The quantitative estimate of drug-likeness (QED) is 0.311. The van der Waals surface area contributed by atoms with Crippen molar-refractivity contribution >= 4 is 40.4 Å². The Morgan fingerprint density at radius 3 is 2.44 bits per heavy atom. The first-order valence-electron chi connectivity index (χ1n) is 9.73. The molecule has 1 atom stereocenters. The van der Waals surface area contributed by atoms with Crippen LogP contribution >= 0.6 is 22.9 Å². The number of benzene rings is 2. The fraction of sp³-hybridized carbons (Fsp3) is 0.167. The lowest BCUT2D eigenvalue weighted by Gasteiger charge is -2.24. The second kappa shape index (κ2) is 9.06. The zero-order valence-electron chi connectivity index (χ0n) is 17.4. The van der Waals surface area contributed by atoms with Gasteiger partial charge in [0.25, 0.3) is 11.7 Å². The molecular weight excluding hydrogens is 450 g/mol. The molecule has 164 valence electrons. The molecule has 6 nitrogen and oxygen atoms in total. The molecule has 2 aromatic carbocycles. The summed E-state index contributed by atoms with van der Waals surface area (Å²) in [5, 5.41) is 13.2. The highest BCUT2D eigenvalue weighted by Gasteiger charge is 2.46. The molecule has 4 rings (SSSR count). The zero-order chi connectivity index (χ0) is 22.8. The number of aliphatic hydroxyl groups is 1. The van der Waals surface area contributed by atoms with Gasteiger partial charge in [-0.25, -0.2) is 0 Å². The second-order valence-corrected chi connectivity index (χ2v) is 8.53. The summed E-state index contributed by atoms with van der Waals surface area (Å²) < 4.78 is 10.3. The van der Waals surface area contributed by atoms with Gasteiger partial charge >= 0.3 is 0 Å². The molecular formula is C24H20ClNO5S. The molecule has 0 bridgehead atoms. The standard InChI is InChI=1S/C24H20ClNO5S/c1-30-16-8-5-14(6-9-16)13-26-21(19-4-3-11-32-19)20(23(28)24(26)29)22(27)15-7-10-18(31-2)17(25)12-15/h3-12,21,27H,13H2,1-2H3/b22-20-. The predicted octanol–water partition coefficient (Wildman–Crippen LogP) is 5.04. The number of carbonyl (C=O) groups is 2. The number of amides is 1. The fourth-order valence-electron chi connectivity index (χ4n) is 3.68. The molecule has 3 aromatic rings. The van der Waals surface area contributed by atoms with Crippen molar-refractivity contribution in [1.82, 2.24) is 4.90 Å². The van der Waals surface area contributed by atoms with Gasteiger partial charge in [0.1, 0.15) is 17.3 Å². The number of nitrogens with zero attached hydrogens (tertiary/aromatic N) is 1. The summed E-state index contributed by atoms with van der Waals surface area (Å²) in [4.78, 5) is 28.3. The van der Waals surface area contributed by atoms with Gasteiger partial charge in [0, 0.05) is 17.0 Å². The maximum atomic E-state index is 13.1. The molecule has 2 heterocycles. The number of hydrogen-bond acceptors (Lipinski definition) is 6. The van der Waals surface area contributed by atoms with Gasteiger partial charge in [-0.05, 0) is 47.3 Å². The van der Waals surface area contributed by atoms with Crippen LogP contribution in [-0.2, 0) is 16.1 Å². The number of likely N-dealkylation sites (tertiary alicyclic amines) is 1. The van der Waals surface area contributed by atoms with E-state index in [-0.39, 0.29) is 22.9 Å². The number of thiophene rings is 1. The van der Waals surface area contributed by atoms with Crippen LogP contribution in [0.5, 0.6) is 11.5 Å². The van der Waals surface area contributed by atoms with Crippen molar-refractivity contribution < 1.29 is 24.2 Å². The Bertz CT molecular complexity index is 1190. The molecule has 32 heavy (non-hydrogen) atoms. The maximum Gasteiger partial charge on any atom is 0.295 e. The molecule has 0 aliphatic carbocycles. The number of ketones is 1. The zero-order valence-corrected chi connectivity index (χ0v) is 18.9. The average molecular weight is 470 g/mol. The van der Waals surface area contributed by atoms with Gasteiger partial charge in [0.05, 0.1) is 30.9 Å². The van der Waals surface area contributed by atoms with Crippen LogP contribution in [0.15, 0.2) is 65.6 Å². The van der Waals surface area contributed by atoms with Crippen molar-refractivity contribution in [2.24, 2.45) is 0 Å². The lowest BCUT2D eigenvalue weighted by atomic mass is 9.99. The number of Topliss-reactive ketones (excluding diaryl/α,β-unsaturated/α-hetero) is 1. The van der Waals surface area contributed by atoms with Gasteiger partial charge in [-0.3, -0.25) is 9.59 Å². The molecule has 1 N–H and O–H groups in total. The molecule has 1 aliphatic rings. The molecule has 1 saturated heterocycles. The van der Waals surface area contributed by atoms with E-state index >= 15 is 0 Å². The predicted molar refractivity (Wildman–Crippen MR) is 123 cm³/mol. The summed E-state index contributed by atoms with van der Waals surface area (Å²) in [7, 11) is 3.07. The van der Waals surface area contributed by atoms with E-state index < -0.39 is 17.7 Å². The highest BCUT2D eigenvalue weighted by atomic mass is 35.5. The normalized spacial score (nSPS) is 17.6. The van der Waals surface area contributed by atoms with Crippen molar-refractivity contribution in [2.45, 2.75) is 12.6 Å². The summed E-state index contributed by atoms with van der Waals surface area (Å²) in [6.45, 7) is 0.206. The third kappa shape index (κ3) is 3.97. The molecule has 1 fully saturated rings. The van der Waals surface area contributed by atoms with Gasteiger partial charge in [0.2, 0.25) is 0 Å². The second-order valence-electron chi connectivity index (χ2n) is 7.14. The minimum Gasteiger partial charge on any atom is -0.507 e. The monoisotopic (exact) mass is 469 g/mol. The molecule has 1 aromatic heterocycles. The van der Waals surface area contributed by atoms with Crippen LogP contribution in [0.25, 0.3) is 5.76 Å². The van der Waals surface area contributed by atoms with Crippen molar-refractivity contribution in [1.29, 1.82) is 0 Å². The van der Waals surface area contributed by atoms with Crippen LogP contribution in [0, 0.1) is 0 Å². The summed E-state index contributed by atoms with van der Waals surface area (Å²) >= 11 is 7.63. The fourth-order valence-corrected chi connectivity index (χ4v) is 4.79. The van der Waals surface area contributed by atoms with Crippen LogP contribution in [-0.4, -0.2) is 35.9 Å². The van der Waals surface area contributed by atoms with E-state index in [0.717, 1.165) is 10.4 Å². The first kappa shape index (κ1) is 21.9. The molecule has 0 saturated carbocycles. The smallest absolute Gasteiger partial charge is 0.295 e. The van der Waals surface area contributed by atoms with Crippen LogP contribution in [0.4, 0.5) is 0 Å². The van der Waals surface area contributed by atoms with Gasteiger partial charge < -0.3 is 19.5 Å². The summed E-state index contributed by atoms with van der Waals surface area (Å²) in [6.07, 6.45) is 0. The first-order valence-corrected chi connectivity index (χ1v) is 11.0. The van der Waals surface area contributed by atoms with E-state index in [1.807, 2.05) is 29.6 Å². The molecule has 1 unspecified atom stereocenters. The summed E-state index contributed by atoms with van der Waals surface area (Å²) in [5.41, 5.74) is 1.20. The van der Waals surface area contributed by atoms with E-state index in [1.165, 1.54) is 29.4 Å². The summed E-state index contributed by atoms with van der Waals surface area (Å²) in [5.74, 6) is -0.537. The Morgan fingerprint density at radius 1 is 1.09 bits per heavy atom. The summed E-state index contributed by atoms with van der Waals surface area (Å²) in [6, 6.07) is 15.0. The van der Waals surface area contributed by atoms with Crippen LogP contribution in [0.3, 0.4) is 0 Å². The SMILES string of the molecule is COc1ccc(CN2C(=O)C(=O)/C(=C(\O)c3ccc(OC)c(Cl)c3)C2c2cccs2)cc1. The molecule has 1 aliphatic heterocycles. The third-order valence-electron chi connectivity index (χ3n) is 5.29. The highest BCUT2D eigenvalue weighted by Crippen LogP contribution is 2.42. The minimum absolute atomic E-state index is 0.0344. The Balaban J connectivity index is 1.79. The van der Waals surface area contributed by atoms with Gasteiger partial charge in [-0.15, -0.1) is 11.3 Å². The number of methoxy groups -OCH3 is 2. The molecule has 0 spiro atoms. The minimum atomic E-state index is -0.735. The number of carbonyl (C=O) groups excluding carboxylic acids is 2. The average Bonchev–Trinajstić information content (AvgIpc) is 3.42. The van der Waals surface area contributed by atoms with Crippen molar-refractivity contribution in [3.05, 3.63) is 86.6 Å². The van der Waals surface area contributed by atoms with E-state index in [1.54, 1.807) is 31.4 Å². The number of ether oxygens (including phenoxy) is 2. The maximum absolute atomic E-state index is 13.1. The van der Waals surface area contributed by atoms with Crippen LogP contribution in [0.1, 0.15) is 22.0 Å². The Kier molecular flexibility index (Phi) is 6.21. The third-order valence-corrected chi connectivity index (χ3v) is 6.51. The van der Waals surface area contributed by atoms with Gasteiger partial charge in [-0.1, -0.05) is 29.8 Å². The van der Waals surface area contributed by atoms with E-state index in [2.05, 4.69) is 0 Å². The van der Waals surface area contributed by atoms with Crippen molar-refractivity contribution in [3.63, 3.8) is 0 Å². The molecule has 0 radical (unpaired) electrons.